The van der Waals surface area contributed by atoms with Crippen molar-refractivity contribution < 1.29 is 24.8 Å². The van der Waals surface area contributed by atoms with E-state index < -0.39 is 18.0 Å². The van der Waals surface area contributed by atoms with Crippen LogP contribution in [0.1, 0.15) is 6.42 Å². The van der Waals surface area contributed by atoms with E-state index in [0.29, 0.717) is 13.0 Å². The van der Waals surface area contributed by atoms with Gasteiger partial charge in [-0.3, -0.25) is 0 Å². The lowest BCUT2D eigenvalue weighted by Gasteiger charge is -2.24. The molecule has 0 spiro atoms. The highest BCUT2D eigenvalue weighted by molar-refractivity contribution is 5.72. The second-order valence-corrected chi connectivity index (χ2v) is 2.45. The first-order valence-electron chi connectivity index (χ1n) is 3.36. The highest BCUT2D eigenvalue weighted by Crippen LogP contribution is 2.16. The summed E-state index contributed by atoms with van der Waals surface area (Å²) in [6.45, 7) is 0.538. The molecule has 1 heterocycles. The third-order valence-corrected chi connectivity index (χ3v) is 1.72. The van der Waals surface area contributed by atoms with Crippen LogP contribution in [0.15, 0.2) is 0 Å². The molecule has 1 saturated heterocycles. The van der Waals surface area contributed by atoms with Crippen LogP contribution in [0.25, 0.3) is 0 Å². The summed E-state index contributed by atoms with van der Waals surface area (Å²) in [4.78, 5) is 14.2. The summed E-state index contributed by atoms with van der Waals surface area (Å²) in [5, 5.41) is 17.1. The quantitative estimate of drug-likeness (QED) is 0.397. The van der Waals surface area contributed by atoms with Gasteiger partial charge in [0.25, 0.3) is 0 Å². The van der Waals surface area contributed by atoms with Gasteiger partial charge in [0.15, 0.2) is 0 Å². The van der Waals surface area contributed by atoms with Gasteiger partial charge in [-0.15, -0.1) is 0 Å². The third-order valence-electron chi connectivity index (χ3n) is 1.72. The van der Waals surface area contributed by atoms with E-state index in [-0.39, 0.29) is 6.61 Å². The number of carbonyl (C=O) groups excluding carboxylic acids is 1. The van der Waals surface area contributed by atoms with Gasteiger partial charge >= 0.3 is 5.97 Å². The third kappa shape index (κ3) is 1.89. The first-order valence-corrected chi connectivity index (χ1v) is 3.36. The molecule has 5 nitrogen and oxygen atoms in total. The van der Waals surface area contributed by atoms with Crippen LogP contribution in [-0.2, 0) is 14.4 Å². The molecule has 1 aliphatic heterocycles. The van der Waals surface area contributed by atoms with Gasteiger partial charge in [-0.1, -0.05) is 0 Å². The number of rotatable bonds is 1. The Bertz CT molecular complexity index is 146. The first-order chi connectivity index (χ1) is 5.25. The minimum absolute atomic E-state index is 0.125. The molecule has 11 heavy (non-hydrogen) atoms. The van der Waals surface area contributed by atoms with E-state index in [1.54, 1.807) is 0 Å². The van der Waals surface area contributed by atoms with E-state index >= 15 is 0 Å². The van der Waals surface area contributed by atoms with Crippen LogP contribution in [0, 0.1) is 5.92 Å². The Morgan fingerprint density at radius 3 is 2.91 bits per heavy atom. The SMILES string of the molecule is O=C(OO)[C@@H]1CCOCC1O. The number of hydrogen-bond acceptors (Lipinski definition) is 5. The Balaban J connectivity index is 2.47. The molecule has 5 heteroatoms. The van der Waals surface area contributed by atoms with Crippen molar-refractivity contribution in [2.45, 2.75) is 12.5 Å². The molecule has 0 aromatic rings. The lowest BCUT2D eigenvalue weighted by molar-refractivity contribution is -0.245. The van der Waals surface area contributed by atoms with Crippen molar-refractivity contribution >= 4 is 5.97 Å². The van der Waals surface area contributed by atoms with Gasteiger partial charge in [0.1, 0.15) is 0 Å². The predicted molar refractivity (Wildman–Crippen MR) is 33.7 cm³/mol. The van der Waals surface area contributed by atoms with Crippen molar-refractivity contribution in [2.75, 3.05) is 13.2 Å². The lowest BCUT2D eigenvalue weighted by Crippen LogP contribution is -2.37. The van der Waals surface area contributed by atoms with Crippen LogP contribution in [0.5, 0.6) is 0 Å². The monoisotopic (exact) mass is 162 g/mol. The zero-order valence-corrected chi connectivity index (χ0v) is 5.90. The molecule has 1 unspecified atom stereocenters. The summed E-state index contributed by atoms with van der Waals surface area (Å²) in [5.41, 5.74) is 0. The fourth-order valence-electron chi connectivity index (χ4n) is 1.07. The molecule has 1 aliphatic rings. The Labute approximate surface area is 63.5 Å². The molecule has 2 N–H and O–H groups in total. The largest absolute Gasteiger partial charge is 0.390 e. The van der Waals surface area contributed by atoms with Crippen LogP contribution < -0.4 is 0 Å². The highest BCUT2D eigenvalue weighted by Gasteiger charge is 2.31. The summed E-state index contributed by atoms with van der Waals surface area (Å²) in [6, 6.07) is 0. The number of hydrogen-bond donors (Lipinski definition) is 2. The molecule has 64 valence electrons. The Kier molecular flexibility index (Phi) is 2.81. The average Bonchev–Trinajstić information content (AvgIpc) is 2.04. The summed E-state index contributed by atoms with van der Waals surface area (Å²) >= 11 is 0. The van der Waals surface area contributed by atoms with Crippen molar-refractivity contribution in [1.82, 2.24) is 0 Å². The molecule has 0 radical (unpaired) electrons. The van der Waals surface area contributed by atoms with Crippen molar-refractivity contribution in [3.63, 3.8) is 0 Å². The molecule has 0 aliphatic carbocycles. The second kappa shape index (κ2) is 3.66. The van der Waals surface area contributed by atoms with E-state index in [1.165, 1.54) is 0 Å². The number of ether oxygens (including phenoxy) is 1. The zero-order valence-electron chi connectivity index (χ0n) is 5.90. The normalized spacial score (nSPS) is 31.5. The smallest absolute Gasteiger partial charge is 0.347 e. The summed E-state index contributed by atoms with van der Waals surface area (Å²) in [5.74, 6) is -1.44. The maximum atomic E-state index is 10.7. The second-order valence-electron chi connectivity index (χ2n) is 2.45. The predicted octanol–water partition coefficient (Wildman–Crippen LogP) is -0.600. The molecular weight excluding hydrogens is 152 g/mol. The van der Waals surface area contributed by atoms with Gasteiger partial charge < -0.3 is 14.7 Å². The van der Waals surface area contributed by atoms with Crippen LogP contribution in [0.3, 0.4) is 0 Å². The summed E-state index contributed by atoms with van der Waals surface area (Å²) in [7, 11) is 0. The molecule has 0 saturated carbocycles. The van der Waals surface area contributed by atoms with Crippen LogP contribution >= 0.6 is 0 Å². The van der Waals surface area contributed by atoms with Gasteiger partial charge in [0.2, 0.25) is 0 Å². The van der Waals surface area contributed by atoms with Gasteiger partial charge in [-0.25, -0.2) is 4.79 Å². The van der Waals surface area contributed by atoms with Crippen LogP contribution in [0.4, 0.5) is 0 Å². The van der Waals surface area contributed by atoms with Gasteiger partial charge in [-0.2, -0.15) is 5.26 Å². The van der Waals surface area contributed by atoms with Crippen molar-refractivity contribution in [3.8, 4) is 0 Å². The minimum atomic E-state index is -0.858. The number of aliphatic hydroxyl groups is 1. The molecule has 1 rings (SSSR count). The maximum Gasteiger partial charge on any atom is 0.347 e. The van der Waals surface area contributed by atoms with Gasteiger partial charge in [-0.05, 0) is 6.42 Å². The Morgan fingerprint density at radius 1 is 1.64 bits per heavy atom. The minimum Gasteiger partial charge on any atom is -0.390 e. The van der Waals surface area contributed by atoms with E-state index in [4.69, 9.17) is 15.1 Å². The molecule has 0 bridgehead atoms. The fraction of sp³-hybridized carbons (Fsp3) is 0.833. The highest BCUT2D eigenvalue weighted by atomic mass is 17.1. The first kappa shape index (κ1) is 8.45. The maximum absolute atomic E-state index is 10.7. The van der Waals surface area contributed by atoms with Crippen molar-refractivity contribution in [2.24, 2.45) is 5.92 Å². The molecule has 2 atom stereocenters. The Hall–Kier alpha value is -0.650. The van der Waals surface area contributed by atoms with E-state index in [0.717, 1.165) is 0 Å². The zero-order chi connectivity index (χ0) is 8.27. The molecular formula is C6H10O5. The van der Waals surface area contributed by atoms with E-state index in [9.17, 15) is 4.79 Å². The topological polar surface area (TPSA) is 76.0 Å². The lowest BCUT2D eigenvalue weighted by atomic mass is 9.98. The molecule has 0 amide bonds. The standard InChI is InChI=1S/C6H10O5/c7-5-3-10-2-1-4(5)6(8)11-9/h4-5,7,9H,1-3H2/t4-,5?/m1/s1. The van der Waals surface area contributed by atoms with E-state index in [1.807, 2.05) is 0 Å². The van der Waals surface area contributed by atoms with E-state index in [2.05, 4.69) is 4.89 Å². The summed E-state index contributed by atoms with van der Waals surface area (Å²) < 4.78 is 4.87. The molecule has 0 aromatic carbocycles. The molecule has 0 aromatic heterocycles. The van der Waals surface area contributed by atoms with Gasteiger partial charge in [0.05, 0.1) is 18.6 Å². The molecule has 1 fully saturated rings. The van der Waals surface area contributed by atoms with Crippen LogP contribution in [-0.4, -0.2) is 35.7 Å². The number of carbonyl (C=O) groups is 1. The fourth-order valence-corrected chi connectivity index (χ4v) is 1.07. The van der Waals surface area contributed by atoms with Crippen LogP contribution in [0.2, 0.25) is 0 Å². The number of aliphatic hydroxyl groups excluding tert-OH is 1. The Morgan fingerprint density at radius 2 is 2.36 bits per heavy atom. The van der Waals surface area contributed by atoms with Crippen molar-refractivity contribution in [1.29, 1.82) is 0 Å². The van der Waals surface area contributed by atoms with Crippen molar-refractivity contribution in [3.05, 3.63) is 0 Å². The van der Waals surface area contributed by atoms with Gasteiger partial charge in [0, 0.05) is 6.61 Å². The average molecular weight is 162 g/mol. The summed E-state index contributed by atoms with van der Waals surface area (Å²) in [6.07, 6.45) is -0.469.